The molecular weight excluding hydrogens is 581 g/mol. The van der Waals surface area contributed by atoms with Crippen molar-refractivity contribution in [1.82, 2.24) is 14.6 Å². The first-order valence-corrected chi connectivity index (χ1v) is 16.8. The second-order valence-electron chi connectivity index (χ2n) is 11.8. The number of amides is 1. The lowest BCUT2D eigenvalue weighted by atomic mass is 9.72. The number of sulfonamides is 1. The molecule has 5 rings (SSSR count). The van der Waals surface area contributed by atoms with E-state index in [1.54, 1.807) is 23.5 Å². The number of methoxy groups -OCH3 is 1. The van der Waals surface area contributed by atoms with Gasteiger partial charge in [-0.1, -0.05) is 23.7 Å². The fourth-order valence-electron chi connectivity index (χ4n) is 6.90. The van der Waals surface area contributed by atoms with Crippen molar-refractivity contribution in [2.75, 3.05) is 31.3 Å². The average molecular weight is 622 g/mol. The largest absolute Gasteiger partial charge is 0.381 e. The molecule has 0 radical (unpaired) electrons. The Bertz CT molecular complexity index is 1340. The molecule has 230 valence electrons. The number of nitrogens with one attached hydrogen (secondary N) is 2. The van der Waals surface area contributed by atoms with Crippen LogP contribution in [0, 0.1) is 11.7 Å². The maximum Gasteiger partial charge on any atom is 0.241 e. The van der Waals surface area contributed by atoms with Crippen LogP contribution in [0.15, 0.2) is 36.7 Å². The Balaban J connectivity index is 1.32. The maximum atomic E-state index is 15.1. The van der Waals surface area contributed by atoms with Gasteiger partial charge >= 0.3 is 0 Å². The molecule has 1 amide bonds. The van der Waals surface area contributed by atoms with E-state index in [2.05, 4.69) is 15.6 Å². The van der Waals surface area contributed by atoms with Crippen LogP contribution in [0.25, 0.3) is 0 Å². The monoisotopic (exact) mass is 621 g/mol. The van der Waals surface area contributed by atoms with Gasteiger partial charge in [-0.25, -0.2) is 12.8 Å². The van der Waals surface area contributed by atoms with Crippen LogP contribution in [-0.4, -0.2) is 73.8 Å². The third-order valence-corrected chi connectivity index (χ3v) is 11.5. The molecule has 3 heterocycles. The van der Waals surface area contributed by atoms with Gasteiger partial charge in [0.2, 0.25) is 15.9 Å². The van der Waals surface area contributed by atoms with E-state index in [1.165, 1.54) is 6.20 Å². The van der Waals surface area contributed by atoms with Gasteiger partial charge in [-0.15, -0.1) is 0 Å². The molecule has 3 aliphatic rings. The summed E-state index contributed by atoms with van der Waals surface area (Å²) in [6.07, 6.45) is 8.37. The summed E-state index contributed by atoms with van der Waals surface area (Å²) in [5.41, 5.74) is 8.17. The van der Waals surface area contributed by atoms with Crippen molar-refractivity contribution in [2.45, 2.75) is 81.5 Å². The number of hydrogen-bond acceptors (Lipinski definition) is 7. The van der Waals surface area contributed by atoms with Crippen molar-refractivity contribution in [3.8, 4) is 0 Å². The quantitative estimate of drug-likeness (QED) is 0.388. The first-order valence-electron chi connectivity index (χ1n) is 14.9. The van der Waals surface area contributed by atoms with Crippen LogP contribution in [0.1, 0.15) is 62.0 Å². The van der Waals surface area contributed by atoms with E-state index in [-0.39, 0.29) is 47.9 Å². The smallest absolute Gasteiger partial charge is 0.241 e. The van der Waals surface area contributed by atoms with Crippen LogP contribution >= 0.6 is 11.6 Å². The summed E-state index contributed by atoms with van der Waals surface area (Å²) in [6.45, 7) is 0.944. The van der Waals surface area contributed by atoms with Crippen LogP contribution in [-0.2, 0) is 26.0 Å². The van der Waals surface area contributed by atoms with Gasteiger partial charge in [0.05, 0.1) is 36.0 Å². The highest BCUT2D eigenvalue weighted by atomic mass is 35.5. The predicted molar refractivity (Wildman–Crippen MR) is 161 cm³/mol. The molecule has 1 aromatic heterocycles. The zero-order valence-electron chi connectivity index (χ0n) is 24.0. The molecule has 1 aromatic carbocycles. The topological polar surface area (TPSA) is 127 Å². The van der Waals surface area contributed by atoms with Crippen LogP contribution in [0.4, 0.5) is 10.1 Å². The van der Waals surface area contributed by atoms with E-state index in [1.807, 2.05) is 12.1 Å². The van der Waals surface area contributed by atoms with Gasteiger partial charge in [0.1, 0.15) is 5.82 Å². The number of halogens is 2. The molecule has 2 saturated heterocycles. The van der Waals surface area contributed by atoms with Gasteiger partial charge in [-0.2, -0.15) is 4.31 Å². The van der Waals surface area contributed by atoms with Crippen molar-refractivity contribution < 1.29 is 22.3 Å². The number of carbonyl (C=O) groups is 1. The lowest BCUT2D eigenvalue weighted by Crippen LogP contribution is -2.57. The Morgan fingerprint density at radius 2 is 1.95 bits per heavy atom. The van der Waals surface area contributed by atoms with Crippen molar-refractivity contribution in [3.63, 3.8) is 0 Å². The molecule has 9 nitrogen and oxygen atoms in total. The predicted octanol–water partition coefficient (Wildman–Crippen LogP) is 3.83. The Morgan fingerprint density at radius 3 is 2.67 bits per heavy atom. The molecular formula is C30H41ClFN5O4S. The summed E-state index contributed by atoms with van der Waals surface area (Å²) < 4.78 is 48.0. The number of fused-ring (bicyclic) bond motifs is 2. The highest BCUT2D eigenvalue weighted by Crippen LogP contribution is 2.39. The van der Waals surface area contributed by atoms with Crippen molar-refractivity contribution in [1.29, 1.82) is 0 Å². The van der Waals surface area contributed by atoms with Crippen LogP contribution in [0.2, 0.25) is 5.02 Å². The van der Waals surface area contributed by atoms with Gasteiger partial charge in [0, 0.05) is 48.8 Å². The third-order valence-electron chi connectivity index (χ3n) is 9.26. The highest BCUT2D eigenvalue weighted by molar-refractivity contribution is 7.89. The first kappa shape index (κ1) is 31.3. The van der Waals surface area contributed by atoms with Gasteiger partial charge in [-0.05, 0) is 75.0 Å². The van der Waals surface area contributed by atoms with Crippen molar-refractivity contribution >= 4 is 33.2 Å². The molecule has 1 aliphatic carbocycles. The van der Waals surface area contributed by atoms with Crippen LogP contribution < -0.4 is 16.4 Å². The molecule has 4 N–H and O–H groups in total. The minimum Gasteiger partial charge on any atom is -0.381 e. The molecule has 5 atom stereocenters. The molecule has 1 unspecified atom stereocenters. The van der Waals surface area contributed by atoms with Crippen molar-refractivity contribution in [3.05, 3.63) is 58.6 Å². The van der Waals surface area contributed by atoms with E-state index in [4.69, 9.17) is 22.1 Å². The standard InChI is InChI=1S/C30H41ClFN5O4S/c1-41-24-11-6-20(7-12-24)28(19-4-8-21(31)9-5-19)29(33)30(38)36-27-17-34-16-26(32)25(27)13-10-23-15-35-22-3-2-14-42(39,40)37(23)18-22/h4-5,8-9,16-17,20,22-24,28-29,35H,2-3,6-7,10-15,18,33H2,1H3,(H,36,38)/t20?,22-,23+,24?,28+,29+/m1/s1. The third kappa shape index (κ3) is 7.14. The lowest BCUT2D eigenvalue weighted by Gasteiger charge is -2.37. The summed E-state index contributed by atoms with van der Waals surface area (Å²) in [5.74, 6) is -0.934. The van der Waals surface area contributed by atoms with Crippen molar-refractivity contribution in [2.24, 2.45) is 11.7 Å². The second-order valence-corrected chi connectivity index (χ2v) is 14.3. The fraction of sp³-hybridized carbons (Fsp3) is 0.600. The summed E-state index contributed by atoms with van der Waals surface area (Å²) in [7, 11) is -1.64. The zero-order valence-corrected chi connectivity index (χ0v) is 25.5. The minimum atomic E-state index is -3.37. The summed E-state index contributed by atoms with van der Waals surface area (Å²) in [6, 6.07) is 6.39. The van der Waals surface area contributed by atoms with E-state index in [0.717, 1.165) is 43.9 Å². The Morgan fingerprint density at radius 1 is 1.21 bits per heavy atom. The van der Waals surface area contributed by atoms with Gasteiger partial charge in [0.25, 0.3) is 0 Å². The van der Waals surface area contributed by atoms with Crippen LogP contribution in [0.5, 0.6) is 0 Å². The summed E-state index contributed by atoms with van der Waals surface area (Å²) >= 11 is 6.15. The number of rotatable bonds is 9. The lowest BCUT2D eigenvalue weighted by molar-refractivity contribution is -0.118. The Hall–Kier alpha value is -2.15. The Labute approximate surface area is 252 Å². The molecule has 42 heavy (non-hydrogen) atoms. The number of nitrogens with two attached hydrogens (primary N) is 1. The normalized spacial score (nSPS) is 28.8. The highest BCUT2D eigenvalue weighted by Gasteiger charge is 2.39. The summed E-state index contributed by atoms with van der Waals surface area (Å²) in [4.78, 5) is 17.6. The Kier molecular flexibility index (Phi) is 10.2. The first-order chi connectivity index (χ1) is 20.2. The number of hydrogen-bond donors (Lipinski definition) is 3. The molecule has 12 heteroatoms. The molecule has 2 aromatic rings. The number of pyridine rings is 1. The summed E-state index contributed by atoms with van der Waals surface area (Å²) in [5, 5.41) is 6.91. The number of aromatic nitrogens is 1. The molecule has 2 bridgehead atoms. The number of anilines is 1. The van der Waals surface area contributed by atoms with E-state index < -0.39 is 27.8 Å². The second kappa shape index (κ2) is 13.7. The van der Waals surface area contributed by atoms with E-state index in [9.17, 15) is 13.2 Å². The number of benzene rings is 1. The molecule has 3 fully saturated rings. The molecule has 0 spiro atoms. The van der Waals surface area contributed by atoms with Crippen LogP contribution in [0.3, 0.4) is 0 Å². The van der Waals surface area contributed by atoms with Gasteiger partial charge in [-0.3, -0.25) is 9.78 Å². The number of carbonyl (C=O) groups excluding carboxylic acids is 1. The number of ether oxygens (including phenoxy) is 1. The molecule has 1 saturated carbocycles. The minimum absolute atomic E-state index is 0.131. The molecule has 2 aliphatic heterocycles. The van der Waals surface area contributed by atoms with Gasteiger partial charge in [0.15, 0.2) is 0 Å². The SMILES string of the molecule is COC1CCC([C@H](c2ccc(Cl)cc2)[C@H](N)C(=O)Nc2cncc(F)c2CC[C@H]2CN[C@@H]3CCCS(=O)(=O)N2C3)CC1. The van der Waals surface area contributed by atoms with E-state index in [0.29, 0.717) is 36.5 Å². The fourth-order valence-corrected chi connectivity index (χ4v) is 8.83. The average Bonchev–Trinajstić information content (AvgIpc) is 3.10. The number of nitrogens with zero attached hydrogens (tertiary/aromatic N) is 2. The number of piperazine rings is 1. The van der Waals surface area contributed by atoms with E-state index >= 15 is 4.39 Å². The van der Waals surface area contributed by atoms with Gasteiger partial charge < -0.3 is 21.1 Å². The zero-order chi connectivity index (χ0) is 29.9. The maximum absolute atomic E-state index is 15.1.